The van der Waals surface area contributed by atoms with Crippen molar-refractivity contribution in [3.05, 3.63) is 120 Å². The summed E-state index contributed by atoms with van der Waals surface area (Å²) in [5.41, 5.74) is 3.41. The lowest BCUT2D eigenvalue weighted by atomic mass is 9.85. The molecule has 0 spiro atoms. The number of hydrogen-bond acceptors (Lipinski definition) is 7. The normalized spacial score (nSPS) is 13.6. The van der Waals surface area contributed by atoms with Gasteiger partial charge in [0.2, 0.25) is 11.8 Å². The van der Waals surface area contributed by atoms with Crippen molar-refractivity contribution in [2.45, 2.75) is 70.8 Å². The summed E-state index contributed by atoms with van der Waals surface area (Å²) in [7, 11) is 2.79. The van der Waals surface area contributed by atoms with Gasteiger partial charge < -0.3 is 30.3 Å². The maximum Gasteiger partial charge on any atom is 0.407 e. The van der Waals surface area contributed by atoms with Gasteiger partial charge in [-0.05, 0) is 47.4 Å². The van der Waals surface area contributed by atoms with Gasteiger partial charge in [-0.1, -0.05) is 112 Å². The number of nitrogens with one attached hydrogen (secondary N) is 2. The minimum atomic E-state index is -1.19. The predicted molar refractivity (Wildman–Crippen MR) is 195 cm³/mol. The van der Waals surface area contributed by atoms with Gasteiger partial charge in [-0.15, -0.1) is 0 Å². The van der Waals surface area contributed by atoms with Crippen LogP contribution >= 0.6 is 0 Å². The van der Waals surface area contributed by atoms with Gasteiger partial charge in [0.1, 0.15) is 6.04 Å². The Kier molecular flexibility index (Phi) is 13.5. The van der Waals surface area contributed by atoms with E-state index in [1.54, 1.807) is 13.2 Å². The molecule has 4 N–H and O–H groups in total. The summed E-state index contributed by atoms with van der Waals surface area (Å²) >= 11 is 0. The molecule has 0 saturated heterocycles. The summed E-state index contributed by atoms with van der Waals surface area (Å²) in [5.74, 6) is 0.0449. The second kappa shape index (κ2) is 18.0. The van der Waals surface area contributed by atoms with Crippen LogP contribution in [0.3, 0.4) is 0 Å². The van der Waals surface area contributed by atoms with Crippen LogP contribution in [0.5, 0.6) is 5.88 Å². The molecule has 4 rings (SSSR count). The number of hydrogen-bond donors (Lipinski definition) is 4. The molecule has 11 nitrogen and oxygen atoms in total. The maximum atomic E-state index is 13.8. The summed E-state index contributed by atoms with van der Waals surface area (Å²) in [6, 6.07) is 29.4. The Morgan fingerprint density at radius 3 is 1.96 bits per heavy atom. The zero-order chi connectivity index (χ0) is 37.0. The molecule has 1 heterocycles. The van der Waals surface area contributed by atoms with E-state index in [0.717, 1.165) is 27.9 Å². The Labute approximate surface area is 299 Å². The molecule has 3 aromatic carbocycles. The SMILES string of the molecule is COC(=O)N[C@H](C(=O)N[C@@H](Cc1ccccc1)C[C@H](O)[C@H](Cc1ccc(-c2cccc(OC)n2)cc1)N(Cc1ccccc1)C(=O)O)C(C)(C)C. The fourth-order valence-corrected chi connectivity index (χ4v) is 5.98. The standard InChI is InChI=1S/C40H48N4O7/c1-40(2,3)36(43-38(47)51-5)37(46)41-31(23-27-13-8-6-9-14-27)25-34(45)33(44(39(48)49)26-29-15-10-7-11-16-29)24-28-19-21-30(22-20-28)32-17-12-18-35(42-32)50-4/h6-22,31,33-34,36,45H,23-26H2,1-5H3,(H,41,46)(H,43,47)(H,48,49)/t31-,33-,34-,36+/m0/s1. The molecule has 0 saturated carbocycles. The van der Waals surface area contributed by atoms with Crippen molar-refractivity contribution in [1.82, 2.24) is 20.5 Å². The smallest absolute Gasteiger partial charge is 0.407 e. The van der Waals surface area contributed by atoms with Crippen molar-refractivity contribution >= 4 is 18.1 Å². The van der Waals surface area contributed by atoms with Crippen LogP contribution in [0.1, 0.15) is 43.9 Å². The van der Waals surface area contributed by atoms with E-state index in [1.165, 1.54) is 12.0 Å². The van der Waals surface area contributed by atoms with Gasteiger partial charge in [0.25, 0.3) is 0 Å². The summed E-state index contributed by atoms with van der Waals surface area (Å²) in [6.07, 6.45) is -2.52. The van der Waals surface area contributed by atoms with E-state index in [0.29, 0.717) is 12.3 Å². The number of aromatic nitrogens is 1. The van der Waals surface area contributed by atoms with E-state index < -0.39 is 47.7 Å². The van der Waals surface area contributed by atoms with E-state index in [9.17, 15) is 24.6 Å². The minimum Gasteiger partial charge on any atom is -0.481 e. The summed E-state index contributed by atoms with van der Waals surface area (Å²) in [4.78, 5) is 44.6. The van der Waals surface area contributed by atoms with Gasteiger partial charge in [-0.2, -0.15) is 0 Å². The second-order valence-electron chi connectivity index (χ2n) is 13.6. The van der Waals surface area contributed by atoms with Crippen molar-refractivity contribution in [2.75, 3.05) is 14.2 Å². The number of ether oxygens (including phenoxy) is 2. The van der Waals surface area contributed by atoms with Gasteiger partial charge in [-0.25, -0.2) is 14.6 Å². The third kappa shape index (κ3) is 11.3. The number of carbonyl (C=O) groups is 3. The number of carboxylic acid groups (broad SMARTS) is 1. The fraction of sp³-hybridized carbons (Fsp3) is 0.350. The molecular formula is C40H48N4O7. The molecule has 0 fully saturated rings. The third-order valence-corrected chi connectivity index (χ3v) is 8.69. The molecule has 4 aromatic rings. The van der Waals surface area contributed by atoms with Crippen LogP contribution in [0.4, 0.5) is 9.59 Å². The number of aliphatic hydroxyl groups excluding tert-OH is 1. The van der Waals surface area contributed by atoms with Crippen LogP contribution in [0.2, 0.25) is 0 Å². The Morgan fingerprint density at radius 2 is 1.39 bits per heavy atom. The monoisotopic (exact) mass is 696 g/mol. The van der Waals surface area contributed by atoms with Crippen LogP contribution in [-0.4, -0.2) is 76.6 Å². The van der Waals surface area contributed by atoms with Crippen LogP contribution in [0, 0.1) is 5.41 Å². The van der Waals surface area contributed by atoms with E-state index in [2.05, 4.69) is 15.6 Å². The van der Waals surface area contributed by atoms with E-state index >= 15 is 0 Å². The number of benzene rings is 3. The van der Waals surface area contributed by atoms with Crippen molar-refractivity contribution in [1.29, 1.82) is 0 Å². The van der Waals surface area contributed by atoms with Crippen LogP contribution in [0.15, 0.2) is 103 Å². The highest BCUT2D eigenvalue weighted by Gasteiger charge is 2.36. The number of aliphatic hydroxyl groups is 1. The first kappa shape index (κ1) is 38.4. The third-order valence-electron chi connectivity index (χ3n) is 8.69. The number of amides is 3. The first-order valence-electron chi connectivity index (χ1n) is 16.9. The molecule has 270 valence electrons. The minimum absolute atomic E-state index is 0.0325. The first-order valence-corrected chi connectivity index (χ1v) is 16.9. The van der Waals surface area contributed by atoms with Crippen LogP contribution in [0.25, 0.3) is 11.3 Å². The quantitative estimate of drug-likeness (QED) is 0.117. The highest BCUT2D eigenvalue weighted by atomic mass is 16.5. The molecule has 0 unspecified atom stereocenters. The van der Waals surface area contributed by atoms with Crippen molar-refractivity contribution in [3.63, 3.8) is 0 Å². The predicted octanol–water partition coefficient (Wildman–Crippen LogP) is 6.10. The largest absolute Gasteiger partial charge is 0.481 e. The second-order valence-corrected chi connectivity index (χ2v) is 13.6. The molecule has 0 aliphatic carbocycles. The highest BCUT2D eigenvalue weighted by molar-refractivity contribution is 5.86. The van der Waals surface area contributed by atoms with Crippen molar-refractivity contribution in [3.8, 4) is 17.1 Å². The van der Waals surface area contributed by atoms with Gasteiger partial charge in [0.05, 0.1) is 32.1 Å². The van der Waals surface area contributed by atoms with Crippen LogP contribution < -0.4 is 15.4 Å². The molecular weight excluding hydrogens is 648 g/mol. The number of methoxy groups -OCH3 is 2. The Hall–Kier alpha value is -5.42. The number of alkyl carbamates (subject to hydrolysis) is 1. The number of carbonyl (C=O) groups excluding carboxylic acids is 2. The molecule has 3 amide bonds. The van der Waals surface area contributed by atoms with E-state index in [4.69, 9.17) is 9.47 Å². The number of nitrogens with zero attached hydrogens (tertiary/aromatic N) is 2. The Morgan fingerprint density at radius 1 is 0.784 bits per heavy atom. The molecule has 4 atom stereocenters. The topological polar surface area (TPSA) is 150 Å². The van der Waals surface area contributed by atoms with Crippen LogP contribution in [-0.2, 0) is 28.9 Å². The van der Waals surface area contributed by atoms with Crippen molar-refractivity contribution < 1.29 is 34.1 Å². The lowest BCUT2D eigenvalue weighted by Crippen LogP contribution is -2.56. The molecule has 0 bridgehead atoms. The summed E-state index contributed by atoms with van der Waals surface area (Å²) in [5, 5.41) is 28.2. The zero-order valence-electron chi connectivity index (χ0n) is 29.8. The average molecular weight is 697 g/mol. The zero-order valence-corrected chi connectivity index (χ0v) is 29.8. The average Bonchev–Trinajstić information content (AvgIpc) is 3.12. The Balaban J connectivity index is 1.66. The van der Waals surface area contributed by atoms with Gasteiger partial charge in [0.15, 0.2) is 0 Å². The first-order chi connectivity index (χ1) is 24.4. The molecule has 11 heteroatoms. The molecule has 0 aliphatic rings. The van der Waals surface area contributed by atoms with Gasteiger partial charge >= 0.3 is 12.2 Å². The number of pyridine rings is 1. The van der Waals surface area contributed by atoms with Gasteiger partial charge in [0, 0.05) is 24.2 Å². The lowest BCUT2D eigenvalue weighted by Gasteiger charge is -2.36. The Bertz CT molecular complexity index is 1710. The number of rotatable bonds is 15. The molecule has 0 radical (unpaired) electrons. The maximum absolute atomic E-state index is 13.8. The highest BCUT2D eigenvalue weighted by Crippen LogP contribution is 2.25. The van der Waals surface area contributed by atoms with Gasteiger partial charge in [-0.3, -0.25) is 9.69 Å². The summed E-state index contributed by atoms with van der Waals surface area (Å²) in [6.45, 7) is 5.53. The molecule has 0 aliphatic heterocycles. The van der Waals surface area contributed by atoms with E-state index in [-0.39, 0.29) is 19.4 Å². The fourth-order valence-electron chi connectivity index (χ4n) is 5.98. The molecule has 51 heavy (non-hydrogen) atoms. The van der Waals surface area contributed by atoms with E-state index in [1.807, 2.05) is 118 Å². The summed E-state index contributed by atoms with van der Waals surface area (Å²) < 4.78 is 10.1. The van der Waals surface area contributed by atoms with Crippen molar-refractivity contribution in [2.24, 2.45) is 5.41 Å². The molecule has 1 aromatic heterocycles. The lowest BCUT2D eigenvalue weighted by molar-refractivity contribution is -0.126.